The number of methoxy groups -OCH3 is 2. The highest BCUT2D eigenvalue weighted by Crippen LogP contribution is 2.55. The van der Waals surface area contributed by atoms with Gasteiger partial charge in [-0.2, -0.15) is 10.5 Å². The van der Waals surface area contributed by atoms with E-state index >= 15 is 0 Å². The number of nitrogens with zero attached hydrogens (tertiary/aromatic N) is 4. The van der Waals surface area contributed by atoms with Gasteiger partial charge >= 0.3 is 11.9 Å². The summed E-state index contributed by atoms with van der Waals surface area (Å²) in [6, 6.07) is 3.83. The SMILES string of the molecule is COC(=O)[C@]1(C#N)CC2=C(C[C@@]1(C#N)C(=O)OC)N(C)CCN2C. The summed E-state index contributed by atoms with van der Waals surface area (Å²) in [5, 5.41) is 19.7. The van der Waals surface area contributed by atoms with Gasteiger partial charge in [-0.25, -0.2) is 0 Å². The first kappa shape index (κ1) is 17.6. The molecule has 0 N–H and O–H groups in total. The van der Waals surface area contributed by atoms with Gasteiger partial charge in [0.15, 0.2) is 10.8 Å². The summed E-state index contributed by atoms with van der Waals surface area (Å²) < 4.78 is 9.61. The highest BCUT2D eigenvalue weighted by atomic mass is 16.5. The summed E-state index contributed by atoms with van der Waals surface area (Å²) in [5.74, 6) is -1.80. The first-order valence-corrected chi connectivity index (χ1v) is 7.47. The van der Waals surface area contributed by atoms with E-state index in [4.69, 9.17) is 9.47 Å². The lowest BCUT2D eigenvalue weighted by molar-refractivity contribution is -0.169. The summed E-state index contributed by atoms with van der Waals surface area (Å²) in [6.07, 6.45) is -0.149. The summed E-state index contributed by atoms with van der Waals surface area (Å²) in [5.41, 5.74) is -2.36. The van der Waals surface area contributed by atoms with Crippen molar-refractivity contribution in [3.8, 4) is 12.1 Å². The van der Waals surface area contributed by atoms with Crippen LogP contribution in [0.2, 0.25) is 0 Å². The minimum absolute atomic E-state index is 0.0744. The van der Waals surface area contributed by atoms with E-state index in [-0.39, 0.29) is 12.8 Å². The predicted octanol–water partition coefficient (Wildman–Crippen LogP) is 0.235. The maximum atomic E-state index is 12.5. The Morgan fingerprint density at radius 3 is 1.50 bits per heavy atom. The molecule has 8 heteroatoms. The number of esters is 2. The third-order valence-corrected chi connectivity index (χ3v) is 5.07. The Morgan fingerprint density at radius 2 is 1.25 bits per heavy atom. The van der Waals surface area contributed by atoms with Crippen LogP contribution in [-0.2, 0) is 19.1 Å². The Kier molecular flexibility index (Phi) is 4.44. The molecule has 0 radical (unpaired) electrons. The second kappa shape index (κ2) is 6.04. The number of carbonyl (C=O) groups excluding carboxylic acids is 2. The van der Waals surface area contributed by atoms with E-state index < -0.39 is 22.8 Å². The van der Waals surface area contributed by atoms with E-state index in [9.17, 15) is 20.1 Å². The molecular formula is C16H20N4O4. The van der Waals surface area contributed by atoms with E-state index in [1.165, 1.54) is 0 Å². The average Bonchev–Trinajstić information content (AvgIpc) is 2.62. The fourth-order valence-corrected chi connectivity index (χ4v) is 3.49. The van der Waals surface area contributed by atoms with Gasteiger partial charge < -0.3 is 19.3 Å². The Bertz CT molecular complexity index is 631. The number of nitriles is 2. The Morgan fingerprint density at radius 1 is 0.917 bits per heavy atom. The molecule has 0 unspecified atom stereocenters. The minimum atomic E-state index is -1.95. The summed E-state index contributed by atoms with van der Waals surface area (Å²) in [6.45, 7) is 1.44. The van der Waals surface area contributed by atoms with Crippen LogP contribution in [0.5, 0.6) is 0 Å². The van der Waals surface area contributed by atoms with Crippen molar-refractivity contribution in [3.05, 3.63) is 11.4 Å². The minimum Gasteiger partial charge on any atom is -0.468 e. The Labute approximate surface area is 140 Å². The van der Waals surface area contributed by atoms with Gasteiger partial charge in [-0.1, -0.05) is 0 Å². The van der Waals surface area contributed by atoms with Crippen LogP contribution >= 0.6 is 0 Å². The number of allylic oxidation sites excluding steroid dienone is 2. The van der Waals surface area contributed by atoms with Crippen molar-refractivity contribution >= 4 is 11.9 Å². The molecule has 2 rings (SSSR count). The lowest BCUT2D eigenvalue weighted by Gasteiger charge is -2.48. The number of ether oxygens (including phenoxy) is 2. The van der Waals surface area contributed by atoms with Gasteiger partial charge in [-0.15, -0.1) is 0 Å². The molecule has 2 aliphatic rings. The molecule has 8 nitrogen and oxygen atoms in total. The van der Waals surface area contributed by atoms with Gasteiger partial charge in [0.1, 0.15) is 0 Å². The van der Waals surface area contributed by atoms with Gasteiger partial charge in [0, 0.05) is 51.4 Å². The fourth-order valence-electron chi connectivity index (χ4n) is 3.49. The summed E-state index contributed by atoms with van der Waals surface area (Å²) in [4.78, 5) is 28.9. The van der Waals surface area contributed by atoms with Gasteiger partial charge in [-0.3, -0.25) is 9.59 Å². The Balaban J connectivity index is 2.76. The van der Waals surface area contributed by atoms with E-state index in [0.29, 0.717) is 0 Å². The van der Waals surface area contributed by atoms with Gasteiger partial charge in [0.2, 0.25) is 0 Å². The first-order valence-electron chi connectivity index (χ1n) is 7.47. The van der Waals surface area contributed by atoms with Crippen molar-refractivity contribution in [2.24, 2.45) is 10.8 Å². The monoisotopic (exact) mass is 332 g/mol. The highest BCUT2D eigenvalue weighted by molar-refractivity contribution is 5.94. The van der Waals surface area contributed by atoms with Crippen LogP contribution in [0.3, 0.4) is 0 Å². The lowest BCUT2D eigenvalue weighted by Crippen LogP contribution is -2.57. The quantitative estimate of drug-likeness (QED) is 0.662. The average molecular weight is 332 g/mol. The standard InChI is InChI=1S/C16H20N4O4/c1-19-5-6-20(2)12-8-16(10-18,14(22)24-4)15(9-17,7-11(12)19)13(21)23-3/h5-8H2,1-4H3/t15-,16-/m1/s1. The van der Waals surface area contributed by atoms with Crippen molar-refractivity contribution in [1.29, 1.82) is 10.5 Å². The molecule has 0 aromatic carbocycles. The molecule has 0 saturated carbocycles. The van der Waals surface area contributed by atoms with Crippen LogP contribution in [0, 0.1) is 33.5 Å². The van der Waals surface area contributed by atoms with Crippen LogP contribution in [-0.4, -0.2) is 63.1 Å². The zero-order valence-electron chi connectivity index (χ0n) is 14.3. The normalized spacial score (nSPS) is 29.2. The number of hydrogen-bond donors (Lipinski definition) is 0. The van der Waals surface area contributed by atoms with Crippen LogP contribution in [0.1, 0.15) is 12.8 Å². The molecule has 0 bridgehead atoms. The molecule has 2 atom stereocenters. The van der Waals surface area contributed by atoms with Crippen LogP contribution in [0.4, 0.5) is 0 Å². The van der Waals surface area contributed by atoms with Crippen molar-refractivity contribution in [2.75, 3.05) is 41.4 Å². The third-order valence-electron chi connectivity index (χ3n) is 5.07. The molecule has 0 amide bonds. The van der Waals surface area contributed by atoms with E-state index in [1.807, 2.05) is 36.0 Å². The molecule has 24 heavy (non-hydrogen) atoms. The number of likely N-dealkylation sites (N-methyl/N-ethyl adjacent to an activating group) is 2. The maximum absolute atomic E-state index is 12.5. The summed E-state index contributed by atoms with van der Waals surface area (Å²) >= 11 is 0. The molecule has 1 aliphatic heterocycles. The second-order valence-corrected chi connectivity index (χ2v) is 6.11. The molecular weight excluding hydrogens is 312 g/mol. The van der Waals surface area contributed by atoms with Crippen molar-refractivity contribution in [1.82, 2.24) is 9.80 Å². The lowest BCUT2D eigenvalue weighted by atomic mass is 9.57. The number of rotatable bonds is 2. The molecule has 1 heterocycles. The molecule has 128 valence electrons. The second-order valence-electron chi connectivity index (χ2n) is 6.11. The zero-order valence-corrected chi connectivity index (χ0v) is 14.3. The summed E-state index contributed by atoms with van der Waals surface area (Å²) in [7, 11) is 6.00. The van der Waals surface area contributed by atoms with E-state index in [2.05, 4.69) is 0 Å². The van der Waals surface area contributed by atoms with E-state index in [1.54, 1.807) is 0 Å². The maximum Gasteiger partial charge on any atom is 0.328 e. The molecule has 0 saturated heterocycles. The van der Waals surface area contributed by atoms with Crippen molar-refractivity contribution in [2.45, 2.75) is 12.8 Å². The molecule has 0 spiro atoms. The zero-order chi connectivity index (χ0) is 18.1. The smallest absolute Gasteiger partial charge is 0.328 e. The molecule has 0 aromatic rings. The third kappa shape index (κ3) is 2.10. The van der Waals surface area contributed by atoms with Crippen LogP contribution in [0.25, 0.3) is 0 Å². The predicted molar refractivity (Wildman–Crippen MR) is 81.6 cm³/mol. The van der Waals surface area contributed by atoms with Gasteiger partial charge in [-0.05, 0) is 0 Å². The number of hydrogen-bond acceptors (Lipinski definition) is 8. The van der Waals surface area contributed by atoms with Gasteiger partial charge in [0.25, 0.3) is 0 Å². The topological polar surface area (TPSA) is 107 Å². The fraction of sp³-hybridized carbons (Fsp3) is 0.625. The molecule has 1 aliphatic carbocycles. The van der Waals surface area contributed by atoms with Crippen molar-refractivity contribution < 1.29 is 19.1 Å². The molecule has 0 aromatic heterocycles. The highest BCUT2D eigenvalue weighted by Gasteiger charge is 2.67. The molecule has 0 fully saturated rings. The van der Waals surface area contributed by atoms with Crippen LogP contribution < -0.4 is 0 Å². The number of carbonyl (C=O) groups is 2. The largest absolute Gasteiger partial charge is 0.468 e. The van der Waals surface area contributed by atoms with E-state index in [0.717, 1.165) is 38.7 Å². The van der Waals surface area contributed by atoms with Crippen LogP contribution in [0.15, 0.2) is 11.4 Å². The van der Waals surface area contributed by atoms with Gasteiger partial charge in [0.05, 0.1) is 26.4 Å². The van der Waals surface area contributed by atoms with Crippen molar-refractivity contribution in [3.63, 3.8) is 0 Å². The first-order chi connectivity index (χ1) is 11.3. The Hall–Kier alpha value is -2.74.